The Labute approximate surface area is 384 Å². The van der Waals surface area contributed by atoms with Crippen LogP contribution in [0.2, 0.25) is 10.0 Å². The first-order valence-corrected chi connectivity index (χ1v) is 22.9. The molecule has 0 radical (unpaired) electrons. The van der Waals surface area contributed by atoms with E-state index in [4.69, 9.17) is 37.9 Å². The molecule has 2 unspecified atom stereocenters. The van der Waals surface area contributed by atoms with Crippen molar-refractivity contribution in [2.45, 2.75) is 24.9 Å². The number of hydrogen-bond donors (Lipinski definition) is 0. The summed E-state index contributed by atoms with van der Waals surface area (Å²) in [4.78, 5) is 19.9. The van der Waals surface area contributed by atoms with E-state index >= 15 is 0 Å². The quantitative estimate of drug-likeness (QED) is 0.0960. The Morgan fingerprint density at radius 1 is 0.508 bits per heavy atom. The number of pyridine rings is 2. The van der Waals surface area contributed by atoms with Crippen LogP contribution in [-0.2, 0) is 15.8 Å². The third kappa shape index (κ3) is 11.1. The minimum Gasteiger partial charge on any atom is -0.377 e. The lowest BCUT2D eigenvalue weighted by molar-refractivity contribution is -0.0673. The van der Waals surface area contributed by atoms with Crippen LogP contribution in [-0.4, -0.2) is 108 Å². The van der Waals surface area contributed by atoms with Gasteiger partial charge in [0.15, 0.2) is 0 Å². The normalized spacial score (nSPS) is 17.8. The van der Waals surface area contributed by atoms with Crippen LogP contribution in [0, 0.1) is 0 Å². The van der Waals surface area contributed by atoms with Crippen molar-refractivity contribution in [1.82, 2.24) is 29.6 Å². The van der Waals surface area contributed by atoms with E-state index in [0.717, 1.165) is 99.1 Å². The third-order valence-corrected chi connectivity index (χ3v) is 13.3. The summed E-state index contributed by atoms with van der Waals surface area (Å²) in [6.45, 7) is 14.8. The first kappa shape index (κ1) is 44.6. The zero-order valence-corrected chi connectivity index (χ0v) is 38.0. The predicted molar refractivity (Wildman–Crippen MR) is 262 cm³/mol. The predicted octanol–water partition coefficient (Wildman–Crippen LogP) is 10.9. The van der Waals surface area contributed by atoms with E-state index in [1.54, 1.807) is 0 Å². The maximum Gasteiger partial charge on any atom is 0.0705 e. The van der Waals surface area contributed by atoms with Gasteiger partial charge >= 0.3 is 0 Å². The van der Waals surface area contributed by atoms with E-state index in [2.05, 4.69) is 155 Å². The molecule has 6 aromatic rings. The number of aromatic nitrogens is 2. The maximum absolute atomic E-state index is 7.26. The molecule has 0 aliphatic carbocycles. The fraction of sp³-hybridized carbons (Fsp3) is 0.296. The van der Waals surface area contributed by atoms with Crippen molar-refractivity contribution < 1.29 is 4.74 Å². The van der Waals surface area contributed by atoms with E-state index < -0.39 is 11.1 Å². The highest BCUT2D eigenvalue weighted by molar-refractivity contribution is 6.31. The molecule has 2 aromatic heterocycles. The first-order chi connectivity index (χ1) is 30.8. The summed E-state index contributed by atoms with van der Waals surface area (Å²) in [6.07, 6.45) is 12.7. The first-order valence-electron chi connectivity index (χ1n) is 22.2. The number of piperazine rings is 2. The van der Waals surface area contributed by atoms with Crippen LogP contribution >= 0.6 is 23.2 Å². The molecular formula is C54H58Cl2N6O. The minimum atomic E-state index is -0.502. The van der Waals surface area contributed by atoms with Crippen molar-refractivity contribution in [3.05, 3.63) is 190 Å². The smallest absolute Gasteiger partial charge is 0.0705 e. The highest BCUT2D eigenvalue weighted by Gasteiger charge is 2.42. The van der Waals surface area contributed by atoms with Gasteiger partial charge in [0.05, 0.1) is 35.7 Å². The Morgan fingerprint density at radius 2 is 0.905 bits per heavy atom. The second-order valence-corrected chi connectivity index (χ2v) is 17.9. The molecule has 0 N–H and O–H groups in total. The third-order valence-electron chi connectivity index (χ3n) is 12.9. The van der Waals surface area contributed by atoms with Gasteiger partial charge in [-0.1, -0.05) is 132 Å². The van der Waals surface area contributed by atoms with Crippen LogP contribution in [0.1, 0.15) is 36.1 Å². The standard InChI is InChI=1S/C54H58Cl2N6O/c1-53(49-25-23-45(55)39-47(49)51-21-9-11-27-57-51,61-35-31-59(32-36-61)29-13-19-43-15-5-3-6-16-43)41-63-42-54(2,50-26-24-46(56)40-48(50)52-22-10-12-28-58-52)62-37-33-60(34-38-62)30-14-20-44-17-7-4-8-18-44/h3-28,39-40H,29-38,41-42H2,1-2H3. The monoisotopic (exact) mass is 876 g/mol. The van der Waals surface area contributed by atoms with Crippen molar-refractivity contribution in [3.8, 4) is 22.5 Å². The van der Waals surface area contributed by atoms with E-state index in [1.165, 1.54) is 11.1 Å². The molecule has 7 nitrogen and oxygen atoms in total. The van der Waals surface area contributed by atoms with Crippen LogP contribution in [0.5, 0.6) is 0 Å². The Morgan fingerprint density at radius 3 is 1.29 bits per heavy atom. The molecular weight excluding hydrogens is 820 g/mol. The lowest BCUT2D eigenvalue weighted by Crippen LogP contribution is -2.58. The fourth-order valence-electron chi connectivity index (χ4n) is 9.22. The molecule has 2 fully saturated rings. The summed E-state index contributed by atoms with van der Waals surface area (Å²) in [5, 5.41) is 1.37. The topological polar surface area (TPSA) is 48.0 Å². The molecule has 2 aliphatic rings. The zero-order valence-electron chi connectivity index (χ0n) is 36.5. The van der Waals surface area contributed by atoms with Gasteiger partial charge in [-0.15, -0.1) is 0 Å². The van der Waals surface area contributed by atoms with Gasteiger partial charge in [-0.25, -0.2) is 0 Å². The van der Waals surface area contributed by atoms with Gasteiger partial charge in [-0.2, -0.15) is 0 Å². The molecule has 0 bridgehead atoms. The van der Waals surface area contributed by atoms with Gasteiger partial charge in [0.1, 0.15) is 0 Å². The molecule has 0 amide bonds. The Hall–Kier alpha value is -4.96. The van der Waals surface area contributed by atoms with Gasteiger partial charge < -0.3 is 4.74 Å². The van der Waals surface area contributed by atoms with Gasteiger partial charge in [-0.3, -0.25) is 29.6 Å². The fourth-order valence-corrected chi connectivity index (χ4v) is 9.56. The van der Waals surface area contributed by atoms with Gasteiger partial charge in [-0.05, 0) is 84.6 Å². The molecule has 63 heavy (non-hydrogen) atoms. The van der Waals surface area contributed by atoms with Crippen molar-refractivity contribution in [2.24, 2.45) is 0 Å². The highest BCUT2D eigenvalue weighted by atomic mass is 35.5. The lowest BCUT2D eigenvalue weighted by atomic mass is 9.84. The molecule has 8 rings (SSSR count). The Balaban J connectivity index is 1.07. The zero-order chi connectivity index (χ0) is 43.5. The number of benzene rings is 4. The summed E-state index contributed by atoms with van der Waals surface area (Å²) in [5.74, 6) is 0. The van der Waals surface area contributed by atoms with E-state index in [0.29, 0.717) is 23.3 Å². The summed E-state index contributed by atoms with van der Waals surface area (Å²) in [7, 11) is 0. The SMILES string of the molecule is CC(COCC(C)(c1ccc(Cl)cc1-c1ccccn1)N1CCN(CC=Cc2ccccc2)CC1)(c1ccc(Cl)cc1-c1ccccn1)N1CCN(CC=Cc2ccccc2)CC1. The molecule has 0 spiro atoms. The van der Waals surface area contributed by atoms with Crippen molar-refractivity contribution in [3.63, 3.8) is 0 Å². The Bertz CT molecular complexity index is 2250. The summed E-state index contributed by atoms with van der Waals surface area (Å²) in [6, 6.07) is 45.7. The summed E-state index contributed by atoms with van der Waals surface area (Å²) < 4.78 is 7.26. The van der Waals surface area contributed by atoms with Crippen molar-refractivity contribution >= 4 is 35.4 Å². The summed E-state index contributed by atoms with van der Waals surface area (Å²) >= 11 is 13.5. The van der Waals surface area contributed by atoms with Crippen LogP contribution in [0.4, 0.5) is 0 Å². The van der Waals surface area contributed by atoms with Gasteiger partial charge in [0.25, 0.3) is 0 Å². The molecule has 9 heteroatoms. The van der Waals surface area contributed by atoms with Crippen LogP contribution in [0.15, 0.2) is 158 Å². The average molecular weight is 878 g/mol. The van der Waals surface area contributed by atoms with Crippen LogP contribution in [0.25, 0.3) is 34.7 Å². The number of halogens is 2. The van der Waals surface area contributed by atoms with E-state index in [9.17, 15) is 0 Å². The largest absolute Gasteiger partial charge is 0.377 e. The molecule has 324 valence electrons. The minimum absolute atomic E-state index is 0.467. The molecule has 2 atom stereocenters. The lowest BCUT2D eigenvalue weighted by Gasteiger charge is -2.49. The van der Waals surface area contributed by atoms with Crippen LogP contribution < -0.4 is 0 Å². The number of rotatable bonds is 16. The van der Waals surface area contributed by atoms with E-state index in [-0.39, 0.29) is 0 Å². The van der Waals surface area contributed by atoms with Crippen molar-refractivity contribution in [2.75, 3.05) is 78.7 Å². The highest BCUT2D eigenvalue weighted by Crippen LogP contribution is 2.41. The molecule has 4 heterocycles. The second kappa shape index (κ2) is 21.1. The second-order valence-electron chi connectivity index (χ2n) is 17.1. The number of hydrogen-bond acceptors (Lipinski definition) is 7. The maximum atomic E-state index is 7.26. The molecule has 0 saturated carbocycles. The molecule has 4 aromatic carbocycles. The average Bonchev–Trinajstić information content (AvgIpc) is 3.33. The number of ether oxygens (including phenoxy) is 1. The van der Waals surface area contributed by atoms with Crippen LogP contribution in [0.3, 0.4) is 0 Å². The van der Waals surface area contributed by atoms with Gasteiger partial charge in [0.2, 0.25) is 0 Å². The number of nitrogens with zero attached hydrogens (tertiary/aromatic N) is 6. The summed E-state index contributed by atoms with van der Waals surface area (Å²) in [5.41, 5.74) is 7.60. The van der Waals surface area contributed by atoms with E-state index in [1.807, 2.05) is 48.8 Å². The Kier molecular flexibility index (Phi) is 15.0. The van der Waals surface area contributed by atoms with Gasteiger partial charge in [0, 0.05) is 99.0 Å². The van der Waals surface area contributed by atoms with Crippen molar-refractivity contribution in [1.29, 1.82) is 0 Å². The molecule has 2 aliphatic heterocycles. The molecule has 2 saturated heterocycles.